The molecule has 1 aliphatic rings. The highest BCUT2D eigenvalue weighted by Gasteiger charge is 2.38. The molecule has 3 aromatic rings. The van der Waals surface area contributed by atoms with Crippen molar-refractivity contribution in [3.63, 3.8) is 0 Å². The molecule has 1 aliphatic heterocycles. The summed E-state index contributed by atoms with van der Waals surface area (Å²) in [5, 5.41) is 27.8. The number of aromatic nitrogens is 2. The summed E-state index contributed by atoms with van der Waals surface area (Å²) in [4.78, 5) is 31.5. The van der Waals surface area contributed by atoms with Crippen molar-refractivity contribution in [1.29, 1.82) is 5.26 Å². The first kappa shape index (κ1) is 25.9. The summed E-state index contributed by atoms with van der Waals surface area (Å²) in [6, 6.07) is 9.31. The van der Waals surface area contributed by atoms with E-state index in [0.717, 1.165) is 19.5 Å². The van der Waals surface area contributed by atoms with Gasteiger partial charge in [0.25, 0.3) is 5.91 Å². The van der Waals surface area contributed by atoms with E-state index in [0.29, 0.717) is 39.0 Å². The molecule has 3 heterocycles. The second-order valence-electron chi connectivity index (χ2n) is 7.51. The Morgan fingerprint density at radius 3 is 2.71 bits per heavy atom. The molecule has 2 aromatic heterocycles. The van der Waals surface area contributed by atoms with Crippen molar-refractivity contribution in [2.45, 2.75) is 31.5 Å². The number of amides is 1. The van der Waals surface area contributed by atoms with Crippen molar-refractivity contribution >= 4 is 45.1 Å². The predicted molar refractivity (Wildman–Crippen MR) is 124 cm³/mol. The molecule has 1 aromatic carbocycles. The molecule has 1 atom stereocenters. The SMILES string of the molecule is N#Cc1ccccc1NC(=O)c1csc2ncc(N[C@@H]3CCCCNC3)nc12.O=C(O)C(F)(F)F. The number of carbonyl (C=O) groups is 2. The quantitative estimate of drug-likeness (QED) is 0.416. The van der Waals surface area contributed by atoms with Gasteiger partial charge in [0.2, 0.25) is 0 Å². The highest BCUT2D eigenvalue weighted by atomic mass is 32.1. The van der Waals surface area contributed by atoms with Gasteiger partial charge in [-0.2, -0.15) is 18.4 Å². The molecule has 0 aliphatic carbocycles. The number of carboxylic acid groups (broad SMARTS) is 1. The number of alkyl halides is 3. The minimum atomic E-state index is -5.08. The van der Waals surface area contributed by atoms with E-state index >= 15 is 0 Å². The number of halogens is 3. The predicted octanol–water partition coefficient (Wildman–Crippen LogP) is 4.00. The second-order valence-corrected chi connectivity index (χ2v) is 8.37. The number of carbonyl (C=O) groups excluding carboxylic acids is 1. The number of nitrogens with zero attached hydrogens (tertiary/aromatic N) is 3. The van der Waals surface area contributed by atoms with Crippen molar-refractivity contribution in [3.05, 3.63) is 47.0 Å². The zero-order valence-corrected chi connectivity index (χ0v) is 19.0. The van der Waals surface area contributed by atoms with Gasteiger partial charge in [-0.1, -0.05) is 18.6 Å². The van der Waals surface area contributed by atoms with Gasteiger partial charge < -0.3 is 21.1 Å². The van der Waals surface area contributed by atoms with Gasteiger partial charge in [-0.25, -0.2) is 14.8 Å². The van der Waals surface area contributed by atoms with E-state index in [9.17, 15) is 23.2 Å². The lowest BCUT2D eigenvalue weighted by Crippen LogP contribution is -2.31. The van der Waals surface area contributed by atoms with Crippen molar-refractivity contribution in [1.82, 2.24) is 15.3 Å². The number of fused-ring (bicyclic) bond motifs is 1. The Bertz CT molecular complexity index is 1230. The molecule has 0 radical (unpaired) electrons. The molecule has 0 bridgehead atoms. The molecule has 184 valence electrons. The number of para-hydroxylation sites is 1. The average Bonchev–Trinajstić information content (AvgIpc) is 3.07. The number of carboxylic acids is 1. The Morgan fingerprint density at radius 2 is 2.00 bits per heavy atom. The van der Waals surface area contributed by atoms with Crippen LogP contribution in [0.1, 0.15) is 35.2 Å². The van der Waals surface area contributed by atoms with Crippen LogP contribution in [0, 0.1) is 11.3 Å². The Morgan fingerprint density at radius 1 is 1.26 bits per heavy atom. The van der Waals surface area contributed by atoms with Crippen LogP contribution in [0.5, 0.6) is 0 Å². The van der Waals surface area contributed by atoms with Crippen LogP contribution in [0.15, 0.2) is 35.8 Å². The maximum absolute atomic E-state index is 12.8. The molecular formula is C22H21F3N6O3S. The summed E-state index contributed by atoms with van der Waals surface area (Å²) >= 11 is 1.38. The van der Waals surface area contributed by atoms with Crippen molar-refractivity contribution < 1.29 is 27.9 Å². The largest absolute Gasteiger partial charge is 0.490 e. The topological polar surface area (TPSA) is 140 Å². The van der Waals surface area contributed by atoms with Crippen LogP contribution in [-0.4, -0.2) is 52.3 Å². The van der Waals surface area contributed by atoms with Gasteiger partial charge in [0.1, 0.15) is 22.2 Å². The van der Waals surface area contributed by atoms with Crippen molar-refractivity contribution in [2.75, 3.05) is 23.7 Å². The Labute approximate surface area is 202 Å². The fraction of sp³-hybridized carbons (Fsp3) is 0.318. The monoisotopic (exact) mass is 506 g/mol. The third-order valence-corrected chi connectivity index (χ3v) is 5.84. The number of nitrogens with one attached hydrogen (secondary N) is 3. The lowest BCUT2D eigenvalue weighted by atomic mass is 10.1. The van der Waals surface area contributed by atoms with Crippen LogP contribution >= 0.6 is 11.3 Å². The molecule has 13 heteroatoms. The van der Waals surface area contributed by atoms with Gasteiger partial charge in [-0.05, 0) is 31.5 Å². The summed E-state index contributed by atoms with van der Waals surface area (Å²) in [6.07, 6.45) is 0.0672. The molecule has 0 unspecified atom stereocenters. The molecule has 4 N–H and O–H groups in total. The summed E-state index contributed by atoms with van der Waals surface area (Å²) in [5.41, 5.74) is 1.94. The van der Waals surface area contributed by atoms with Gasteiger partial charge in [0.15, 0.2) is 0 Å². The van der Waals surface area contributed by atoms with Gasteiger partial charge in [-0.15, -0.1) is 11.3 Å². The second kappa shape index (κ2) is 11.6. The first-order valence-corrected chi connectivity index (χ1v) is 11.4. The fourth-order valence-corrected chi connectivity index (χ4v) is 4.10. The molecule has 0 saturated carbocycles. The normalized spacial score (nSPS) is 15.8. The Balaban J connectivity index is 0.000000429. The molecule has 9 nitrogen and oxygen atoms in total. The minimum Gasteiger partial charge on any atom is -0.475 e. The zero-order valence-electron chi connectivity index (χ0n) is 18.2. The smallest absolute Gasteiger partial charge is 0.475 e. The lowest BCUT2D eigenvalue weighted by molar-refractivity contribution is -0.192. The number of aliphatic carboxylic acids is 1. The highest BCUT2D eigenvalue weighted by Crippen LogP contribution is 2.26. The summed E-state index contributed by atoms with van der Waals surface area (Å²) < 4.78 is 31.7. The lowest BCUT2D eigenvalue weighted by Gasteiger charge is -2.16. The molecular weight excluding hydrogens is 485 g/mol. The van der Waals surface area contributed by atoms with Gasteiger partial charge >= 0.3 is 12.1 Å². The number of nitriles is 1. The fourth-order valence-electron chi connectivity index (χ4n) is 3.27. The Kier molecular flexibility index (Phi) is 8.56. The van der Waals surface area contributed by atoms with Crippen LogP contribution in [-0.2, 0) is 4.79 Å². The van der Waals surface area contributed by atoms with Crippen molar-refractivity contribution in [3.8, 4) is 6.07 Å². The number of benzene rings is 1. The first-order valence-electron chi connectivity index (χ1n) is 10.5. The van der Waals surface area contributed by atoms with E-state index in [1.165, 1.54) is 24.2 Å². The standard InChI is InChI=1S/C20H20N6OS.C2HF3O2/c21-9-13-5-1-2-7-16(13)25-19(27)15-12-28-20-18(15)26-17(11-23-20)24-14-6-3-4-8-22-10-14;3-2(4,5)1(6)7/h1-2,5,7,11-12,14,22H,3-4,6,8,10H2,(H,24,26)(H,25,27);(H,6,7)/t14-;/m1./s1. The van der Waals surface area contributed by atoms with E-state index in [-0.39, 0.29) is 5.91 Å². The maximum atomic E-state index is 12.8. The summed E-state index contributed by atoms with van der Waals surface area (Å²) in [5.74, 6) is -2.38. The van der Waals surface area contributed by atoms with Crippen LogP contribution in [0.2, 0.25) is 0 Å². The number of hydrogen-bond donors (Lipinski definition) is 4. The van der Waals surface area contributed by atoms with E-state index < -0.39 is 12.1 Å². The number of rotatable bonds is 4. The number of anilines is 2. The van der Waals surface area contributed by atoms with Crippen LogP contribution in [0.3, 0.4) is 0 Å². The molecule has 35 heavy (non-hydrogen) atoms. The molecule has 1 saturated heterocycles. The Hall–Kier alpha value is -3.76. The molecule has 1 fully saturated rings. The van der Waals surface area contributed by atoms with Crippen LogP contribution < -0.4 is 16.0 Å². The summed E-state index contributed by atoms with van der Waals surface area (Å²) in [7, 11) is 0. The number of hydrogen-bond acceptors (Lipinski definition) is 8. The van der Waals surface area contributed by atoms with E-state index in [1.807, 2.05) is 0 Å². The minimum absolute atomic E-state index is 0.295. The summed E-state index contributed by atoms with van der Waals surface area (Å²) in [6.45, 7) is 1.93. The third-order valence-electron chi connectivity index (χ3n) is 4.96. The van der Waals surface area contributed by atoms with Gasteiger partial charge in [0, 0.05) is 18.0 Å². The molecule has 4 rings (SSSR count). The van der Waals surface area contributed by atoms with Gasteiger partial charge in [-0.3, -0.25) is 4.79 Å². The van der Waals surface area contributed by atoms with Gasteiger partial charge in [0.05, 0.1) is 23.0 Å². The molecule has 0 spiro atoms. The van der Waals surface area contributed by atoms with Crippen LogP contribution in [0.25, 0.3) is 10.3 Å². The van der Waals surface area contributed by atoms with Crippen LogP contribution in [0.4, 0.5) is 24.7 Å². The molecule has 1 amide bonds. The van der Waals surface area contributed by atoms with E-state index in [4.69, 9.17) is 9.90 Å². The van der Waals surface area contributed by atoms with E-state index in [2.05, 4.69) is 32.0 Å². The van der Waals surface area contributed by atoms with Crippen molar-refractivity contribution in [2.24, 2.45) is 0 Å². The third kappa shape index (κ3) is 7.11. The first-order chi connectivity index (χ1) is 16.7. The average molecular weight is 507 g/mol. The highest BCUT2D eigenvalue weighted by molar-refractivity contribution is 7.17. The maximum Gasteiger partial charge on any atom is 0.490 e. The number of thiophene rings is 1. The zero-order chi connectivity index (χ0) is 25.4. The van der Waals surface area contributed by atoms with E-state index in [1.54, 1.807) is 35.8 Å².